The third-order valence-electron chi connectivity index (χ3n) is 4.54. The number of anilines is 2. The number of hydrogen-bond acceptors (Lipinski definition) is 5. The summed E-state index contributed by atoms with van der Waals surface area (Å²) in [4.78, 5) is 13.5. The van der Waals surface area contributed by atoms with Crippen LogP contribution in [0.1, 0.15) is 24.5 Å². The van der Waals surface area contributed by atoms with Gasteiger partial charge in [-0.2, -0.15) is 0 Å². The van der Waals surface area contributed by atoms with Crippen LogP contribution in [0.25, 0.3) is 0 Å². The number of para-hydroxylation sites is 1. The molecule has 1 amide bonds. The summed E-state index contributed by atoms with van der Waals surface area (Å²) in [6.07, 6.45) is 2.55. The lowest BCUT2D eigenvalue weighted by atomic mass is 10.0. The first kappa shape index (κ1) is 20.3. The van der Waals surface area contributed by atoms with Crippen molar-refractivity contribution in [2.24, 2.45) is 0 Å². The number of nitrogens with zero attached hydrogens (tertiary/aromatic N) is 1. The SMILES string of the molecule is CC(=O)N1CCCc2cc(S(=O)(=O)Nc3ccccc3CS(C)(=O)=O)ccc21. The van der Waals surface area contributed by atoms with Gasteiger partial charge in [0.1, 0.15) is 0 Å². The van der Waals surface area contributed by atoms with E-state index in [9.17, 15) is 21.6 Å². The van der Waals surface area contributed by atoms with E-state index in [0.717, 1.165) is 23.9 Å². The number of carbonyl (C=O) groups excluding carboxylic acids is 1. The number of aryl methyl sites for hydroxylation is 1. The average Bonchev–Trinajstić information content (AvgIpc) is 2.61. The molecule has 3 rings (SSSR count). The van der Waals surface area contributed by atoms with Crippen LogP contribution in [0.4, 0.5) is 11.4 Å². The lowest BCUT2D eigenvalue weighted by molar-refractivity contribution is -0.116. The fourth-order valence-electron chi connectivity index (χ4n) is 3.30. The minimum atomic E-state index is -3.91. The Morgan fingerprint density at radius 2 is 1.82 bits per heavy atom. The Bertz CT molecular complexity index is 1120. The Hall–Kier alpha value is -2.39. The van der Waals surface area contributed by atoms with E-state index in [1.54, 1.807) is 35.2 Å². The quantitative estimate of drug-likeness (QED) is 0.797. The second kappa shape index (κ2) is 7.56. The molecule has 0 fully saturated rings. The molecule has 1 heterocycles. The van der Waals surface area contributed by atoms with Gasteiger partial charge in [-0.05, 0) is 48.2 Å². The van der Waals surface area contributed by atoms with E-state index >= 15 is 0 Å². The first-order valence-corrected chi connectivity index (χ1v) is 12.3. The molecule has 0 saturated heterocycles. The van der Waals surface area contributed by atoms with Crippen molar-refractivity contribution in [3.63, 3.8) is 0 Å². The summed E-state index contributed by atoms with van der Waals surface area (Å²) < 4.78 is 51.5. The largest absolute Gasteiger partial charge is 0.312 e. The van der Waals surface area contributed by atoms with E-state index in [2.05, 4.69) is 4.72 Å². The lowest BCUT2D eigenvalue weighted by Crippen LogP contribution is -2.33. The predicted octanol–water partition coefficient (Wildman–Crippen LogP) is 2.33. The highest BCUT2D eigenvalue weighted by molar-refractivity contribution is 7.92. The lowest BCUT2D eigenvalue weighted by Gasteiger charge is -2.28. The number of sulfone groups is 1. The molecule has 1 N–H and O–H groups in total. The minimum absolute atomic E-state index is 0.0748. The number of sulfonamides is 1. The number of benzene rings is 2. The number of amides is 1. The normalized spacial score (nSPS) is 14.4. The van der Waals surface area contributed by atoms with Crippen LogP contribution in [-0.4, -0.2) is 35.5 Å². The molecule has 0 spiro atoms. The molecule has 0 bridgehead atoms. The van der Waals surface area contributed by atoms with E-state index in [0.29, 0.717) is 18.5 Å². The molecule has 0 aliphatic carbocycles. The van der Waals surface area contributed by atoms with Crippen molar-refractivity contribution in [3.8, 4) is 0 Å². The number of rotatable bonds is 5. The van der Waals surface area contributed by atoms with Crippen LogP contribution < -0.4 is 9.62 Å². The van der Waals surface area contributed by atoms with Gasteiger partial charge in [0.2, 0.25) is 5.91 Å². The summed E-state index contributed by atoms with van der Waals surface area (Å²) >= 11 is 0. The molecule has 2 aromatic rings. The maximum absolute atomic E-state index is 12.9. The Labute approximate surface area is 165 Å². The summed E-state index contributed by atoms with van der Waals surface area (Å²) in [6, 6.07) is 11.1. The van der Waals surface area contributed by atoms with Crippen molar-refractivity contribution in [1.29, 1.82) is 0 Å². The van der Waals surface area contributed by atoms with Crippen LogP contribution in [0, 0.1) is 0 Å². The van der Waals surface area contributed by atoms with Crippen molar-refractivity contribution in [2.75, 3.05) is 22.4 Å². The van der Waals surface area contributed by atoms with Crippen LogP contribution in [0.2, 0.25) is 0 Å². The third-order valence-corrected chi connectivity index (χ3v) is 6.74. The second-order valence-corrected chi connectivity index (χ2v) is 10.7. The summed E-state index contributed by atoms with van der Waals surface area (Å²) in [6.45, 7) is 2.10. The fraction of sp³-hybridized carbons (Fsp3) is 0.316. The van der Waals surface area contributed by atoms with Gasteiger partial charge < -0.3 is 4.90 Å². The predicted molar refractivity (Wildman–Crippen MR) is 109 cm³/mol. The first-order valence-electron chi connectivity index (χ1n) is 8.76. The highest BCUT2D eigenvalue weighted by atomic mass is 32.2. The Morgan fingerprint density at radius 1 is 1.11 bits per heavy atom. The van der Waals surface area contributed by atoms with Gasteiger partial charge in [0, 0.05) is 25.4 Å². The van der Waals surface area contributed by atoms with Gasteiger partial charge in [0.15, 0.2) is 9.84 Å². The second-order valence-electron chi connectivity index (χ2n) is 6.90. The topological polar surface area (TPSA) is 101 Å². The van der Waals surface area contributed by atoms with E-state index in [-0.39, 0.29) is 22.2 Å². The minimum Gasteiger partial charge on any atom is -0.312 e. The van der Waals surface area contributed by atoms with E-state index in [1.807, 2.05) is 0 Å². The first-order chi connectivity index (χ1) is 13.1. The molecular formula is C19H22N2O5S2. The van der Waals surface area contributed by atoms with Crippen LogP contribution >= 0.6 is 0 Å². The van der Waals surface area contributed by atoms with Crippen molar-refractivity contribution < 1.29 is 21.6 Å². The van der Waals surface area contributed by atoms with Gasteiger partial charge in [-0.25, -0.2) is 16.8 Å². The van der Waals surface area contributed by atoms with Crippen molar-refractivity contribution in [2.45, 2.75) is 30.4 Å². The molecule has 1 aliphatic rings. The van der Waals surface area contributed by atoms with E-state index in [4.69, 9.17) is 0 Å². The van der Waals surface area contributed by atoms with Crippen LogP contribution in [-0.2, 0) is 36.8 Å². The monoisotopic (exact) mass is 422 g/mol. The van der Waals surface area contributed by atoms with Crippen molar-refractivity contribution in [3.05, 3.63) is 53.6 Å². The molecule has 7 nitrogen and oxygen atoms in total. The Morgan fingerprint density at radius 3 is 2.50 bits per heavy atom. The summed E-state index contributed by atoms with van der Waals surface area (Å²) in [7, 11) is -7.23. The van der Waals surface area contributed by atoms with E-state index in [1.165, 1.54) is 19.1 Å². The Kier molecular flexibility index (Phi) is 5.49. The van der Waals surface area contributed by atoms with Gasteiger partial charge in [0.05, 0.1) is 16.3 Å². The zero-order valence-corrected chi connectivity index (χ0v) is 17.3. The van der Waals surface area contributed by atoms with Crippen LogP contribution in [0.15, 0.2) is 47.4 Å². The number of fused-ring (bicyclic) bond motifs is 1. The maximum atomic E-state index is 12.9. The summed E-state index contributed by atoms with van der Waals surface area (Å²) in [5.74, 6) is -0.340. The van der Waals surface area contributed by atoms with Gasteiger partial charge in [-0.3, -0.25) is 9.52 Å². The molecule has 2 aromatic carbocycles. The van der Waals surface area contributed by atoms with Gasteiger partial charge >= 0.3 is 0 Å². The zero-order chi connectivity index (χ0) is 20.5. The van der Waals surface area contributed by atoms with E-state index < -0.39 is 19.9 Å². The van der Waals surface area contributed by atoms with Crippen molar-refractivity contribution >= 4 is 37.1 Å². The number of carbonyl (C=O) groups is 1. The maximum Gasteiger partial charge on any atom is 0.261 e. The highest BCUT2D eigenvalue weighted by Crippen LogP contribution is 2.30. The van der Waals surface area contributed by atoms with Crippen molar-refractivity contribution in [1.82, 2.24) is 0 Å². The molecule has 0 unspecified atom stereocenters. The third kappa shape index (κ3) is 4.53. The number of hydrogen-bond donors (Lipinski definition) is 1. The molecule has 9 heteroatoms. The van der Waals surface area contributed by atoms with Gasteiger partial charge in [0.25, 0.3) is 10.0 Å². The standard InChI is InChI=1S/C19H22N2O5S2/c1-14(22)21-11-5-7-15-12-17(9-10-19(15)21)28(25,26)20-18-8-4-3-6-16(18)13-27(2,23)24/h3-4,6,8-10,12,20H,5,7,11,13H2,1-2H3. The highest BCUT2D eigenvalue weighted by Gasteiger charge is 2.23. The van der Waals surface area contributed by atoms with Gasteiger partial charge in [-0.1, -0.05) is 18.2 Å². The molecule has 1 aliphatic heterocycles. The van der Waals surface area contributed by atoms with Crippen LogP contribution in [0.5, 0.6) is 0 Å². The molecule has 28 heavy (non-hydrogen) atoms. The molecule has 0 aromatic heterocycles. The molecule has 150 valence electrons. The van der Waals surface area contributed by atoms with Crippen LogP contribution in [0.3, 0.4) is 0 Å². The van der Waals surface area contributed by atoms with Gasteiger partial charge in [-0.15, -0.1) is 0 Å². The fourth-order valence-corrected chi connectivity index (χ4v) is 5.27. The Balaban J connectivity index is 1.94. The summed E-state index contributed by atoms with van der Waals surface area (Å²) in [5, 5.41) is 0. The average molecular weight is 423 g/mol. The summed E-state index contributed by atoms with van der Waals surface area (Å²) in [5.41, 5.74) is 2.15. The smallest absolute Gasteiger partial charge is 0.261 e. The zero-order valence-electron chi connectivity index (χ0n) is 15.7. The number of nitrogens with one attached hydrogen (secondary N) is 1. The molecular weight excluding hydrogens is 400 g/mol. The molecule has 0 saturated carbocycles. The molecule has 0 radical (unpaired) electrons. The molecule has 0 atom stereocenters.